The second-order valence-corrected chi connectivity index (χ2v) is 5.33. The molecule has 0 radical (unpaired) electrons. The van der Waals surface area contributed by atoms with Crippen molar-refractivity contribution in [3.63, 3.8) is 0 Å². The molecule has 0 aliphatic carbocycles. The molecular formula is C11H23ClN2OS. The van der Waals surface area contributed by atoms with Crippen molar-refractivity contribution in [2.75, 3.05) is 18.6 Å². The van der Waals surface area contributed by atoms with E-state index in [1.807, 2.05) is 6.26 Å². The lowest BCUT2D eigenvalue weighted by Gasteiger charge is -2.36. The first-order chi connectivity index (χ1) is 7.15. The van der Waals surface area contributed by atoms with Gasteiger partial charge < -0.3 is 10.6 Å². The SMILES string of the molecule is CSCCC(=O)NC1C(C)CCNC1C.Cl. The van der Waals surface area contributed by atoms with E-state index < -0.39 is 0 Å². The summed E-state index contributed by atoms with van der Waals surface area (Å²) in [6.07, 6.45) is 3.82. The molecule has 1 rings (SSSR count). The second kappa shape index (κ2) is 8.20. The Hall–Kier alpha value is 0.0700. The number of piperidine rings is 1. The van der Waals surface area contributed by atoms with Crippen LogP contribution < -0.4 is 10.6 Å². The molecule has 3 atom stereocenters. The number of hydrogen-bond acceptors (Lipinski definition) is 3. The fourth-order valence-corrected chi connectivity index (χ4v) is 2.45. The molecule has 1 saturated heterocycles. The zero-order valence-electron chi connectivity index (χ0n) is 10.3. The largest absolute Gasteiger partial charge is 0.352 e. The molecule has 0 aromatic rings. The van der Waals surface area contributed by atoms with E-state index in [9.17, 15) is 4.79 Å². The number of halogens is 1. The number of carbonyl (C=O) groups excluding carboxylic acids is 1. The second-order valence-electron chi connectivity index (χ2n) is 4.34. The predicted octanol–water partition coefficient (Wildman–Crippen LogP) is 1.66. The minimum absolute atomic E-state index is 0. The fourth-order valence-electron chi connectivity index (χ4n) is 2.06. The van der Waals surface area contributed by atoms with Crippen molar-refractivity contribution in [3.8, 4) is 0 Å². The van der Waals surface area contributed by atoms with Crippen LogP contribution in [0.2, 0.25) is 0 Å². The first-order valence-corrected chi connectivity index (χ1v) is 7.06. The lowest BCUT2D eigenvalue weighted by Crippen LogP contribution is -2.55. The Labute approximate surface area is 109 Å². The van der Waals surface area contributed by atoms with Gasteiger partial charge in [0.2, 0.25) is 5.91 Å². The molecule has 0 saturated carbocycles. The molecular weight excluding hydrogens is 244 g/mol. The van der Waals surface area contributed by atoms with E-state index in [1.165, 1.54) is 0 Å². The molecule has 0 spiro atoms. The molecule has 0 aromatic carbocycles. The van der Waals surface area contributed by atoms with Crippen LogP contribution in [0.5, 0.6) is 0 Å². The predicted molar refractivity (Wildman–Crippen MR) is 73.4 cm³/mol. The highest BCUT2D eigenvalue weighted by molar-refractivity contribution is 7.98. The van der Waals surface area contributed by atoms with E-state index in [1.54, 1.807) is 11.8 Å². The van der Waals surface area contributed by atoms with Crippen molar-refractivity contribution in [2.24, 2.45) is 5.92 Å². The third-order valence-corrected chi connectivity index (χ3v) is 3.69. The summed E-state index contributed by atoms with van der Waals surface area (Å²) in [5, 5.41) is 6.54. The van der Waals surface area contributed by atoms with Crippen molar-refractivity contribution in [1.82, 2.24) is 10.6 Å². The maximum absolute atomic E-state index is 11.6. The maximum atomic E-state index is 11.6. The Kier molecular flexibility index (Phi) is 8.24. The summed E-state index contributed by atoms with van der Waals surface area (Å²) < 4.78 is 0. The highest BCUT2D eigenvalue weighted by atomic mass is 35.5. The van der Waals surface area contributed by atoms with Crippen LogP contribution in [0.1, 0.15) is 26.7 Å². The number of carbonyl (C=O) groups is 1. The molecule has 0 bridgehead atoms. The third-order valence-electron chi connectivity index (χ3n) is 3.08. The van der Waals surface area contributed by atoms with Gasteiger partial charge in [-0.2, -0.15) is 11.8 Å². The average molecular weight is 267 g/mol. The highest BCUT2D eigenvalue weighted by Crippen LogP contribution is 2.16. The van der Waals surface area contributed by atoms with E-state index in [2.05, 4.69) is 24.5 Å². The van der Waals surface area contributed by atoms with Crippen LogP contribution in [0.4, 0.5) is 0 Å². The molecule has 0 aromatic heterocycles. The quantitative estimate of drug-likeness (QED) is 0.813. The Morgan fingerprint density at radius 1 is 1.50 bits per heavy atom. The molecule has 3 nitrogen and oxygen atoms in total. The molecule has 1 heterocycles. The first kappa shape index (κ1) is 16.1. The van der Waals surface area contributed by atoms with E-state index in [0.717, 1.165) is 18.7 Å². The first-order valence-electron chi connectivity index (χ1n) is 5.67. The van der Waals surface area contributed by atoms with Crippen LogP contribution in [-0.4, -0.2) is 36.5 Å². The third kappa shape index (κ3) is 4.93. The molecule has 1 fully saturated rings. The van der Waals surface area contributed by atoms with Crippen LogP contribution in [0.25, 0.3) is 0 Å². The molecule has 5 heteroatoms. The summed E-state index contributed by atoms with van der Waals surface area (Å²) in [5.41, 5.74) is 0. The Morgan fingerprint density at radius 3 is 2.75 bits per heavy atom. The van der Waals surface area contributed by atoms with Gasteiger partial charge in [0.05, 0.1) is 0 Å². The van der Waals surface area contributed by atoms with Crippen LogP contribution in [0, 0.1) is 5.92 Å². The van der Waals surface area contributed by atoms with Crippen molar-refractivity contribution in [2.45, 2.75) is 38.8 Å². The van der Waals surface area contributed by atoms with E-state index in [4.69, 9.17) is 0 Å². The Balaban J connectivity index is 0.00000225. The Bertz CT molecular complexity index is 206. The number of nitrogens with one attached hydrogen (secondary N) is 2. The smallest absolute Gasteiger partial charge is 0.221 e. The highest BCUT2D eigenvalue weighted by Gasteiger charge is 2.28. The van der Waals surface area contributed by atoms with Crippen molar-refractivity contribution >= 4 is 30.1 Å². The zero-order chi connectivity index (χ0) is 11.3. The molecule has 16 heavy (non-hydrogen) atoms. The minimum atomic E-state index is 0. The molecule has 96 valence electrons. The molecule has 3 unspecified atom stereocenters. The summed E-state index contributed by atoms with van der Waals surface area (Å²) in [7, 11) is 0. The Morgan fingerprint density at radius 2 is 2.19 bits per heavy atom. The van der Waals surface area contributed by atoms with Gasteiger partial charge in [-0.25, -0.2) is 0 Å². The van der Waals surface area contributed by atoms with Gasteiger partial charge in [-0.3, -0.25) is 4.79 Å². The van der Waals surface area contributed by atoms with Crippen LogP contribution in [0.15, 0.2) is 0 Å². The van der Waals surface area contributed by atoms with E-state index in [-0.39, 0.29) is 18.3 Å². The number of amides is 1. The van der Waals surface area contributed by atoms with Crippen molar-refractivity contribution in [1.29, 1.82) is 0 Å². The van der Waals surface area contributed by atoms with Gasteiger partial charge in [-0.05, 0) is 32.1 Å². The summed E-state index contributed by atoms with van der Waals surface area (Å²) in [5.74, 6) is 1.69. The van der Waals surface area contributed by atoms with Gasteiger partial charge in [0, 0.05) is 24.3 Å². The van der Waals surface area contributed by atoms with Gasteiger partial charge in [0.25, 0.3) is 0 Å². The summed E-state index contributed by atoms with van der Waals surface area (Å²) in [6.45, 7) is 5.44. The lowest BCUT2D eigenvalue weighted by molar-refractivity contribution is -0.122. The summed E-state index contributed by atoms with van der Waals surface area (Å²) >= 11 is 1.72. The maximum Gasteiger partial charge on any atom is 0.221 e. The summed E-state index contributed by atoms with van der Waals surface area (Å²) in [4.78, 5) is 11.6. The normalized spacial score (nSPS) is 29.3. The van der Waals surface area contributed by atoms with Gasteiger partial charge in [0.1, 0.15) is 0 Å². The lowest BCUT2D eigenvalue weighted by atomic mass is 9.89. The van der Waals surface area contributed by atoms with Crippen molar-refractivity contribution < 1.29 is 4.79 Å². The van der Waals surface area contributed by atoms with Crippen LogP contribution in [0.3, 0.4) is 0 Å². The van der Waals surface area contributed by atoms with Crippen molar-refractivity contribution in [3.05, 3.63) is 0 Å². The number of rotatable bonds is 4. The standard InChI is InChI=1S/C11H22N2OS.ClH/c1-8-4-6-12-9(2)11(8)13-10(14)5-7-15-3;/h8-9,11-12H,4-7H2,1-3H3,(H,13,14);1H. The van der Waals surface area contributed by atoms with Gasteiger partial charge in [-0.15, -0.1) is 12.4 Å². The molecule has 1 aliphatic heterocycles. The topological polar surface area (TPSA) is 41.1 Å². The number of hydrogen-bond donors (Lipinski definition) is 2. The average Bonchev–Trinajstić information content (AvgIpc) is 2.21. The van der Waals surface area contributed by atoms with E-state index in [0.29, 0.717) is 24.4 Å². The fraction of sp³-hybridized carbons (Fsp3) is 0.909. The van der Waals surface area contributed by atoms with Crippen LogP contribution in [-0.2, 0) is 4.79 Å². The minimum Gasteiger partial charge on any atom is -0.352 e. The van der Waals surface area contributed by atoms with E-state index >= 15 is 0 Å². The van der Waals surface area contributed by atoms with Crippen LogP contribution >= 0.6 is 24.2 Å². The monoisotopic (exact) mass is 266 g/mol. The summed E-state index contributed by atoms with van der Waals surface area (Å²) in [6, 6.07) is 0.695. The molecule has 1 aliphatic rings. The van der Waals surface area contributed by atoms with Gasteiger partial charge in [0.15, 0.2) is 0 Å². The molecule has 1 amide bonds. The van der Waals surface area contributed by atoms with Gasteiger partial charge in [-0.1, -0.05) is 6.92 Å². The zero-order valence-corrected chi connectivity index (χ0v) is 11.9. The number of thioether (sulfide) groups is 1. The molecule has 2 N–H and O–H groups in total. The van der Waals surface area contributed by atoms with Gasteiger partial charge >= 0.3 is 0 Å².